The van der Waals surface area contributed by atoms with Crippen LogP contribution in [-0.2, 0) is 27.1 Å². The Morgan fingerprint density at radius 2 is 1.23 bits per heavy atom. The Morgan fingerprint density at radius 1 is 0.518 bits per heavy atom. The molecule has 3 aromatic heterocycles. The summed E-state index contributed by atoms with van der Waals surface area (Å²) in [6.45, 7) is 31.7. The van der Waals surface area contributed by atoms with Gasteiger partial charge < -0.3 is 4.74 Å². The summed E-state index contributed by atoms with van der Waals surface area (Å²) in [7, 11) is 0. The van der Waals surface area contributed by atoms with Gasteiger partial charge in [-0.3, -0.25) is 4.57 Å². The van der Waals surface area contributed by atoms with Crippen molar-refractivity contribution in [2.24, 2.45) is 0 Å². The zero-order chi connectivity index (χ0) is 40.6. The highest BCUT2D eigenvalue weighted by Gasteiger charge is 2.30. The molecule has 0 N–H and O–H groups in total. The number of ether oxygens (including phenoxy) is 1. The van der Waals surface area contributed by atoms with E-state index in [9.17, 15) is 0 Å². The molecule has 4 aromatic carbocycles. The van der Waals surface area contributed by atoms with E-state index in [0.29, 0.717) is 0 Å². The van der Waals surface area contributed by atoms with Crippen LogP contribution in [0.25, 0.3) is 33.3 Å². The van der Waals surface area contributed by atoms with E-state index >= 15 is 0 Å². The fourth-order valence-corrected chi connectivity index (χ4v) is 7.73. The minimum absolute atomic E-state index is 0.0335. The van der Waals surface area contributed by atoms with E-state index in [1.54, 1.807) is 0 Å². The number of benzene rings is 4. The maximum Gasteiger partial charge on any atom is 0.137 e. The topological polar surface area (TPSA) is 44.9 Å². The van der Waals surface area contributed by atoms with Crippen molar-refractivity contribution in [1.82, 2.24) is 19.3 Å². The first-order chi connectivity index (χ1) is 26.0. The first-order valence-electron chi connectivity index (χ1n) is 20.1. The van der Waals surface area contributed by atoms with Gasteiger partial charge in [-0.1, -0.05) is 139 Å². The summed E-state index contributed by atoms with van der Waals surface area (Å²) in [5, 5.41) is 7.58. The molecule has 0 amide bonds. The smallest absolute Gasteiger partial charge is 0.137 e. The van der Waals surface area contributed by atoms with Gasteiger partial charge in [0.25, 0.3) is 0 Å². The lowest BCUT2D eigenvalue weighted by Crippen LogP contribution is -2.18. The number of pyridine rings is 1. The molecule has 56 heavy (non-hydrogen) atoms. The van der Waals surface area contributed by atoms with Gasteiger partial charge in [-0.25, -0.2) is 9.67 Å². The van der Waals surface area contributed by atoms with Gasteiger partial charge in [-0.05, 0) is 81.6 Å². The van der Waals surface area contributed by atoms with E-state index in [1.165, 1.54) is 38.7 Å². The third kappa shape index (κ3) is 7.29. The van der Waals surface area contributed by atoms with Crippen LogP contribution in [0, 0.1) is 0 Å². The minimum atomic E-state index is -0.195. The van der Waals surface area contributed by atoms with Crippen molar-refractivity contribution in [3.8, 4) is 23.0 Å². The number of aromatic nitrogens is 4. The van der Waals surface area contributed by atoms with Crippen molar-refractivity contribution in [1.29, 1.82) is 0 Å². The van der Waals surface area contributed by atoms with Gasteiger partial charge in [0.05, 0.1) is 22.4 Å². The zero-order valence-corrected chi connectivity index (χ0v) is 36.1. The van der Waals surface area contributed by atoms with Crippen LogP contribution < -0.4 is 4.74 Å². The number of rotatable bonds is 6. The molecule has 0 saturated heterocycles. The number of hydrogen-bond acceptors (Lipinski definition) is 3. The molecule has 0 saturated carbocycles. The predicted molar refractivity (Wildman–Crippen MR) is 236 cm³/mol. The third-order valence-electron chi connectivity index (χ3n) is 11.2. The second-order valence-electron chi connectivity index (χ2n) is 20.3. The van der Waals surface area contributed by atoms with Gasteiger partial charge in [-0.2, -0.15) is 5.10 Å². The lowest BCUT2D eigenvalue weighted by atomic mass is 9.77. The molecule has 0 fully saturated rings. The molecule has 0 atom stereocenters. The second kappa shape index (κ2) is 13.5. The van der Waals surface area contributed by atoms with Gasteiger partial charge in [0.15, 0.2) is 0 Å². The molecular weight excluding hydrogens is 685 g/mol. The lowest BCUT2D eigenvalue weighted by Gasteiger charge is -2.26. The highest BCUT2D eigenvalue weighted by Crippen LogP contribution is 2.44. The molecule has 0 aliphatic carbocycles. The monoisotopic (exact) mass is 744 g/mol. The van der Waals surface area contributed by atoms with E-state index in [4.69, 9.17) is 14.8 Å². The van der Waals surface area contributed by atoms with E-state index in [1.807, 2.05) is 12.3 Å². The molecule has 5 nitrogen and oxygen atoms in total. The number of fused-ring (bicyclic) bond motifs is 3. The average molecular weight is 745 g/mol. The average Bonchev–Trinajstić information content (AvgIpc) is 3.72. The van der Waals surface area contributed by atoms with E-state index in [2.05, 4.69) is 203 Å². The summed E-state index contributed by atoms with van der Waals surface area (Å²) in [4.78, 5) is 5.02. The molecule has 5 heteroatoms. The quantitative estimate of drug-likeness (QED) is 0.170. The molecule has 290 valence electrons. The summed E-state index contributed by atoms with van der Waals surface area (Å²) in [6, 6.07) is 37.2. The molecule has 0 aliphatic rings. The van der Waals surface area contributed by atoms with Crippen LogP contribution in [0.1, 0.15) is 131 Å². The summed E-state index contributed by atoms with van der Waals surface area (Å²) >= 11 is 0. The van der Waals surface area contributed by atoms with Crippen molar-refractivity contribution in [2.45, 2.75) is 124 Å². The largest absolute Gasteiger partial charge is 0.457 e. The highest BCUT2D eigenvalue weighted by atomic mass is 16.5. The normalized spacial score (nSPS) is 13.2. The Kier molecular flexibility index (Phi) is 9.42. The molecule has 3 heterocycles. The van der Waals surface area contributed by atoms with Crippen LogP contribution >= 0.6 is 0 Å². The highest BCUT2D eigenvalue weighted by molar-refractivity contribution is 6.12. The van der Waals surface area contributed by atoms with Crippen LogP contribution in [0.4, 0.5) is 0 Å². The second-order valence-corrected chi connectivity index (χ2v) is 20.3. The fourth-order valence-electron chi connectivity index (χ4n) is 7.73. The van der Waals surface area contributed by atoms with Crippen LogP contribution in [-0.4, -0.2) is 19.3 Å². The molecule has 0 radical (unpaired) electrons. The van der Waals surface area contributed by atoms with Gasteiger partial charge in [-0.15, -0.1) is 0 Å². The van der Waals surface area contributed by atoms with Crippen LogP contribution in [0.3, 0.4) is 0 Å². The van der Waals surface area contributed by atoms with Crippen LogP contribution in [0.15, 0.2) is 109 Å². The Hall–Kier alpha value is -5.16. The summed E-state index contributed by atoms with van der Waals surface area (Å²) in [5.74, 6) is 2.44. The Morgan fingerprint density at radius 3 is 1.88 bits per heavy atom. The van der Waals surface area contributed by atoms with Crippen molar-refractivity contribution in [3.05, 3.63) is 143 Å². The van der Waals surface area contributed by atoms with Crippen molar-refractivity contribution in [2.75, 3.05) is 0 Å². The zero-order valence-electron chi connectivity index (χ0n) is 36.1. The van der Waals surface area contributed by atoms with E-state index in [0.717, 1.165) is 39.7 Å². The number of hydrogen-bond donors (Lipinski definition) is 0. The number of nitrogens with zero attached hydrogens (tertiary/aromatic N) is 4. The summed E-state index contributed by atoms with van der Waals surface area (Å²) in [5.41, 5.74) is 9.85. The third-order valence-corrected chi connectivity index (χ3v) is 11.2. The molecule has 0 spiro atoms. The van der Waals surface area contributed by atoms with E-state index in [-0.39, 0.29) is 27.1 Å². The molecule has 0 bridgehead atoms. The van der Waals surface area contributed by atoms with E-state index < -0.39 is 0 Å². The van der Waals surface area contributed by atoms with Crippen molar-refractivity contribution in [3.63, 3.8) is 0 Å². The maximum atomic E-state index is 6.91. The van der Waals surface area contributed by atoms with Gasteiger partial charge in [0, 0.05) is 51.0 Å². The van der Waals surface area contributed by atoms with Gasteiger partial charge in [0.2, 0.25) is 0 Å². The molecule has 7 aromatic rings. The fraction of sp³-hybridized carbons (Fsp3) is 0.373. The van der Waals surface area contributed by atoms with Crippen molar-refractivity contribution >= 4 is 21.8 Å². The van der Waals surface area contributed by atoms with Crippen LogP contribution in [0.2, 0.25) is 0 Å². The predicted octanol–water partition coefficient (Wildman–Crippen LogP) is 13.7. The van der Waals surface area contributed by atoms with Crippen molar-refractivity contribution < 1.29 is 4.74 Å². The molecule has 7 rings (SSSR count). The molecular formula is C51H60N4O. The first-order valence-corrected chi connectivity index (χ1v) is 20.1. The maximum absolute atomic E-state index is 6.91. The minimum Gasteiger partial charge on any atom is -0.457 e. The molecule has 0 aliphatic heterocycles. The Balaban J connectivity index is 1.45. The SMILES string of the molecule is CC(C)(C)c1ccnc(-n2c3ccc(C(C)(C)c4ccccc4)cc3c3c(C(C)(C)C)cc(Oc4cccc(-n5nc(C(C)(C)C)cc5C(C)(C)C)c4)cc32)c1. The standard InChI is InChI=1S/C51H60N4O/c1-47(2,3)34-25-26-52-45(28-34)54-41-24-23-35(51(13,14)33-19-16-15-17-20-33)27-39(41)46-40(48(4,5)6)30-38(31-42(46)54)56-37-22-18-21-36(29-37)55-44(50(10,11)12)32-43(53-55)49(7,8)9/h15-32H,1-14H3. The van der Waals surface area contributed by atoms with Gasteiger partial charge in [0.1, 0.15) is 17.3 Å². The Labute approximate surface area is 334 Å². The summed E-state index contributed by atoms with van der Waals surface area (Å²) in [6.07, 6.45) is 1.95. The lowest BCUT2D eigenvalue weighted by molar-refractivity contribution is 0.478. The summed E-state index contributed by atoms with van der Waals surface area (Å²) < 4.78 is 11.3. The molecule has 0 unspecified atom stereocenters. The van der Waals surface area contributed by atoms with Crippen LogP contribution in [0.5, 0.6) is 11.5 Å². The first kappa shape index (κ1) is 39.1. The van der Waals surface area contributed by atoms with Gasteiger partial charge >= 0.3 is 0 Å². The Bertz CT molecular complexity index is 2560.